The number of amides is 1. The van der Waals surface area contributed by atoms with Gasteiger partial charge in [0.15, 0.2) is 11.5 Å². The lowest BCUT2D eigenvalue weighted by Crippen LogP contribution is -2.29. The summed E-state index contributed by atoms with van der Waals surface area (Å²) in [5, 5.41) is 2.86. The van der Waals surface area contributed by atoms with E-state index in [-0.39, 0.29) is 24.0 Å². The first-order chi connectivity index (χ1) is 15.3. The number of benzene rings is 2. The van der Waals surface area contributed by atoms with Crippen molar-refractivity contribution in [3.05, 3.63) is 53.1 Å². The zero-order valence-electron chi connectivity index (χ0n) is 19.1. The minimum absolute atomic E-state index is 0.0391. The second kappa shape index (κ2) is 12.4. The maximum Gasteiger partial charge on any atom is 0.251 e. The zero-order chi connectivity index (χ0) is 23.6. The Hall–Kier alpha value is -2.62. The molecule has 0 aromatic heterocycles. The van der Waals surface area contributed by atoms with Crippen LogP contribution in [0.1, 0.15) is 35.3 Å². The highest BCUT2D eigenvalue weighted by Gasteiger charge is 2.17. The molecule has 0 unspecified atom stereocenters. The van der Waals surface area contributed by atoms with Crippen molar-refractivity contribution >= 4 is 15.9 Å². The average Bonchev–Trinajstić information content (AvgIpc) is 2.76. The van der Waals surface area contributed by atoms with E-state index in [0.717, 1.165) is 5.56 Å². The molecule has 0 atom stereocenters. The highest BCUT2D eigenvalue weighted by atomic mass is 32.2. The highest BCUT2D eigenvalue weighted by Crippen LogP contribution is 2.28. The molecule has 0 fully saturated rings. The Morgan fingerprint density at radius 1 is 0.969 bits per heavy atom. The van der Waals surface area contributed by atoms with Crippen molar-refractivity contribution < 1.29 is 27.4 Å². The minimum Gasteiger partial charge on any atom is -0.490 e. The Morgan fingerprint density at radius 3 is 2.38 bits per heavy atom. The molecule has 9 heteroatoms. The van der Waals surface area contributed by atoms with Gasteiger partial charge in [-0.3, -0.25) is 4.79 Å². The van der Waals surface area contributed by atoms with E-state index in [1.165, 1.54) is 19.2 Å². The van der Waals surface area contributed by atoms with E-state index in [0.29, 0.717) is 48.8 Å². The molecule has 2 N–H and O–H groups in total. The monoisotopic (exact) mass is 464 g/mol. The molecule has 32 heavy (non-hydrogen) atoms. The van der Waals surface area contributed by atoms with E-state index in [1.54, 1.807) is 13.0 Å². The van der Waals surface area contributed by atoms with Crippen molar-refractivity contribution in [1.29, 1.82) is 0 Å². The van der Waals surface area contributed by atoms with Crippen molar-refractivity contribution in [1.82, 2.24) is 10.0 Å². The van der Waals surface area contributed by atoms with Gasteiger partial charge in [0.25, 0.3) is 5.91 Å². The van der Waals surface area contributed by atoms with E-state index in [1.807, 2.05) is 32.0 Å². The summed E-state index contributed by atoms with van der Waals surface area (Å²) < 4.78 is 43.4. The smallest absolute Gasteiger partial charge is 0.251 e. The van der Waals surface area contributed by atoms with Gasteiger partial charge in [0.2, 0.25) is 10.0 Å². The van der Waals surface area contributed by atoms with Crippen LogP contribution in [0.5, 0.6) is 11.5 Å². The van der Waals surface area contributed by atoms with Crippen LogP contribution in [0.4, 0.5) is 0 Å². The first kappa shape index (κ1) is 25.6. The van der Waals surface area contributed by atoms with E-state index >= 15 is 0 Å². The number of aryl methyl sites for hydroxylation is 1. The van der Waals surface area contributed by atoms with Crippen molar-refractivity contribution in [3.63, 3.8) is 0 Å². The van der Waals surface area contributed by atoms with E-state index in [2.05, 4.69) is 10.0 Å². The molecule has 2 aromatic carbocycles. The van der Waals surface area contributed by atoms with Crippen LogP contribution in [0.2, 0.25) is 0 Å². The van der Waals surface area contributed by atoms with E-state index in [9.17, 15) is 13.2 Å². The Bertz CT molecular complexity index is 1010. The van der Waals surface area contributed by atoms with Gasteiger partial charge in [-0.2, -0.15) is 0 Å². The fraction of sp³-hybridized carbons (Fsp3) is 0.435. The molecule has 0 radical (unpaired) electrons. The molecule has 0 saturated carbocycles. The summed E-state index contributed by atoms with van der Waals surface area (Å²) >= 11 is 0. The summed E-state index contributed by atoms with van der Waals surface area (Å²) in [6.45, 7) is 7.47. The third kappa shape index (κ3) is 7.22. The van der Waals surface area contributed by atoms with Crippen LogP contribution in [-0.2, 0) is 21.2 Å². The van der Waals surface area contributed by atoms with Crippen LogP contribution in [0.15, 0.2) is 41.3 Å². The third-order valence-corrected chi connectivity index (χ3v) is 6.13. The van der Waals surface area contributed by atoms with Gasteiger partial charge in [-0.25, -0.2) is 13.1 Å². The largest absolute Gasteiger partial charge is 0.490 e. The fourth-order valence-corrected chi connectivity index (χ4v) is 4.08. The van der Waals surface area contributed by atoms with E-state index in [4.69, 9.17) is 14.2 Å². The van der Waals surface area contributed by atoms with Gasteiger partial charge in [0.05, 0.1) is 24.7 Å². The number of carbonyl (C=O) groups excluding carboxylic acids is 1. The molecule has 0 aliphatic rings. The summed E-state index contributed by atoms with van der Waals surface area (Å²) in [5.74, 6) is 1.04. The molecular weight excluding hydrogens is 432 g/mol. The molecule has 1 amide bonds. The molecule has 0 aliphatic heterocycles. The number of carbonyl (C=O) groups is 1. The lowest BCUT2D eigenvalue weighted by Gasteiger charge is -2.13. The first-order valence-electron chi connectivity index (χ1n) is 10.6. The van der Waals surface area contributed by atoms with Crippen LogP contribution in [-0.4, -0.2) is 54.3 Å². The lowest BCUT2D eigenvalue weighted by atomic mass is 10.1. The van der Waals surface area contributed by atoms with Gasteiger partial charge in [0, 0.05) is 25.8 Å². The lowest BCUT2D eigenvalue weighted by molar-refractivity contribution is 0.0953. The Labute approximate surface area is 190 Å². The molecule has 2 aromatic rings. The predicted molar refractivity (Wildman–Crippen MR) is 123 cm³/mol. The Balaban J connectivity index is 2.05. The first-order valence-corrected chi connectivity index (χ1v) is 12.1. The number of hydrogen-bond acceptors (Lipinski definition) is 6. The Morgan fingerprint density at radius 2 is 1.69 bits per heavy atom. The summed E-state index contributed by atoms with van der Waals surface area (Å²) in [7, 11) is -2.23. The van der Waals surface area contributed by atoms with Crippen LogP contribution in [0, 0.1) is 6.92 Å². The summed E-state index contributed by atoms with van der Waals surface area (Å²) in [6.07, 6.45) is 0.591. The van der Waals surface area contributed by atoms with Crippen LogP contribution < -0.4 is 19.5 Å². The van der Waals surface area contributed by atoms with Crippen LogP contribution in [0.3, 0.4) is 0 Å². The maximum absolute atomic E-state index is 12.7. The van der Waals surface area contributed by atoms with Gasteiger partial charge in [-0.1, -0.05) is 12.1 Å². The van der Waals surface area contributed by atoms with Crippen molar-refractivity contribution in [3.8, 4) is 11.5 Å². The Kier molecular flexibility index (Phi) is 9.96. The quantitative estimate of drug-likeness (QED) is 0.442. The second-order valence-corrected chi connectivity index (χ2v) is 8.79. The van der Waals surface area contributed by atoms with Gasteiger partial charge in [-0.05, 0) is 62.6 Å². The normalized spacial score (nSPS) is 11.2. The molecule has 0 heterocycles. The third-order valence-electron chi connectivity index (χ3n) is 4.67. The molecule has 0 aliphatic carbocycles. The van der Waals surface area contributed by atoms with Gasteiger partial charge >= 0.3 is 0 Å². The molecule has 2 rings (SSSR count). The van der Waals surface area contributed by atoms with Crippen LogP contribution in [0.25, 0.3) is 0 Å². The number of ether oxygens (including phenoxy) is 3. The summed E-state index contributed by atoms with van der Waals surface area (Å²) in [4.78, 5) is 12.8. The second-order valence-electron chi connectivity index (χ2n) is 7.02. The number of hydrogen-bond donors (Lipinski definition) is 2. The molecule has 0 saturated heterocycles. The topological polar surface area (TPSA) is 103 Å². The molecule has 8 nitrogen and oxygen atoms in total. The highest BCUT2D eigenvalue weighted by molar-refractivity contribution is 7.89. The predicted octanol–water partition coefficient (Wildman–Crippen LogP) is 2.69. The molecule has 176 valence electrons. The standard InChI is InChI=1S/C23H32N2O6S/c1-5-30-21-10-8-18(15-22(21)31-6-2)11-12-24-23(26)20-16-19(9-7-17(20)3)32(27,28)25-13-14-29-4/h7-10,15-16,25H,5-6,11-14H2,1-4H3,(H,24,26). The maximum atomic E-state index is 12.7. The van der Waals surface area contributed by atoms with Crippen LogP contribution >= 0.6 is 0 Å². The molecule has 0 bridgehead atoms. The number of methoxy groups -OCH3 is 1. The van der Waals surface area contributed by atoms with Gasteiger partial charge in [-0.15, -0.1) is 0 Å². The number of rotatable bonds is 13. The SMILES string of the molecule is CCOc1ccc(CCNC(=O)c2cc(S(=O)(=O)NCCOC)ccc2C)cc1OCC. The average molecular weight is 465 g/mol. The zero-order valence-corrected chi connectivity index (χ0v) is 19.9. The molecular formula is C23H32N2O6S. The summed E-state index contributed by atoms with van der Waals surface area (Å²) in [6, 6.07) is 10.2. The number of sulfonamides is 1. The fourth-order valence-electron chi connectivity index (χ4n) is 3.04. The van der Waals surface area contributed by atoms with Gasteiger partial charge in [0.1, 0.15) is 0 Å². The minimum atomic E-state index is -3.72. The summed E-state index contributed by atoms with van der Waals surface area (Å²) in [5.41, 5.74) is 2.01. The molecule has 0 spiro atoms. The number of nitrogens with one attached hydrogen (secondary N) is 2. The van der Waals surface area contributed by atoms with Gasteiger partial charge < -0.3 is 19.5 Å². The van der Waals surface area contributed by atoms with Crippen molar-refractivity contribution in [2.75, 3.05) is 40.0 Å². The van der Waals surface area contributed by atoms with E-state index < -0.39 is 10.0 Å². The van der Waals surface area contributed by atoms with Crippen molar-refractivity contribution in [2.24, 2.45) is 0 Å². The van der Waals surface area contributed by atoms with Crippen molar-refractivity contribution in [2.45, 2.75) is 32.1 Å².